The maximum absolute atomic E-state index is 2.38. The molecule has 0 amide bonds. The van der Waals surface area contributed by atoms with E-state index in [-0.39, 0.29) is 0 Å². The maximum atomic E-state index is 2.38. The molecule has 0 bridgehead atoms. The second-order valence-corrected chi connectivity index (χ2v) is 5.30. The molecule has 1 saturated carbocycles. The first-order valence-electron chi connectivity index (χ1n) is 4.22. The van der Waals surface area contributed by atoms with Crippen LogP contribution in [0, 0.1) is 11.8 Å². The summed E-state index contributed by atoms with van der Waals surface area (Å²) in [5.41, 5.74) is 1.14. The summed E-state index contributed by atoms with van der Waals surface area (Å²) in [6.07, 6.45) is 4.57. The summed E-state index contributed by atoms with van der Waals surface area (Å²) >= 11 is 0. The van der Waals surface area contributed by atoms with E-state index < -0.39 is 0 Å². The molecule has 0 nitrogen and oxygen atoms in total. The molecule has 1 aliphatic carbocycles. The third-order valence-electron chi connectivity index (χ3n) is 2.78. The maximum Gasteiger partial charge on any atom is 0.00709 e. The molecule has 0 aromatic rings. The molecular weight excluding hydrogens is 124 g/mol. The van der Waals surface area contributed by atoms with Gasteiger partial charge in [-0.3, -0.25) is 0 Å². The lowest BCUT2D eigenvalue weighted by Gasteiger charge is -2.18. The van der Waals surface area contributed by atoms with Crippen LogP contribution in [0.3, 0.4) is 0 Å². The van der Waals surface area contributed by atoms with Crippen molar-refractivity contribution in [2.24, 2.45) is 11.8 Å². The van der Waals surface area contributed by atoms with Gasteiger partial charge in [-0.25, -0.2) is 0 Å². The average Bonchev–Trinajstić information content (AvgIpc) is 2.13. The van der Waals surface area contributed by atoms with Crippen LogP contribution in [0.4, 0.5) is 0 Å². The Morgan fingerprint density at radius 3 is 2.22 bits per heavy atom. The number of hydrogen-bond acceptors (Lipinski definition) is 0. The van der Waals surface area contributed by atoms with E-state index in [1.165, 1.54) is 29.5 Å². The van der Waals surface area contributed by atoms with Gasteiger partial charge in [0.2, 0.25) is 0 Å². The van der Waals surface area contributed by atoms with E-state index >= 15 is 0 Å². The van der Waals surface area contributed by atoms with E-state index in [2.05, 4.69) is 13.8 Å². The Balaban J connectivity index is 2.40. The zero-order valence-electron chi connectivity index (χ0n) is 6.85. The largest absolute Gasteiger partial charge is 0.0625 e. The molecule has 1 fully saturated rings. The molecule has 0 aromatic carbocycles. The van der Waals surface area contributed by atoms with Gasteiger partial charge in [-0.2, -0.15) is 0 Å². The SMILES string of the molecule is CC(C)C1CCCC1[SiH3]. The normalized spacial score (nSPS) is 36.3. The molecule has 9 heavy (non-hydrogen) atoms. The van der Waals surface area contributed by atoms with E-state index in [0.717, 1.165) is 17.4 Å². The first-order valence-corrected chi connectivity index (χ1v) is 5.37. The molecule has 54 valence electrons. The molecule has 2 atom stereocenters. The second kappa shape index (κ2) is 2.87. The minimum absolute atomic E-state index is 0.954. The van der Waals surface area contributed by atoms with Crippen molar-refractivity contribution in [1.29, 1.82) is 0 Å². The van der Waals surface area contributed by atoms with Crippen LogP contribution < -0.4 is 0 Å². The summed E-state index contributed by atoms with van der Waals surface area (Å²) in [5.74, 6) is 2.05. The third kappa shape index (κ3) is 1.57. The Bertz CT molecular complexity index is 88.6. The van der Waals surface area contributed by atoms with Crippen LogP contribution in [0.25, 0.3) is 0 Å². The van der Waals surface area contributed by atoms with Crippen LogP contribution in [0.2, 0.25) is 5.54 Å². The summed E-state index contributed by atoms with van der Waals surface area (Å²) in [7, 11) is 1.43. The lowest BCUT2D eigenvalue weighted by Crippen LogP contribution is -2.09. The van der Waals surface area contributed by atoms with Gasteiger partial charge in [0, 0.05) is 10.2 Å². The molecule has 0 aromatic heterocycles. The second-order valence-electron chi connectivity index (χ2n) is 3.82. The van der Waals surface area contributed by atoms with Crippen molar-refractivity contribution in [3.63, 3.8) is 0 Å². The summed E-state index contributed by atoms with van der Waals surface area (Å²) in [5, 5.41) is 0. The van der Waals surface area contributed by atoms with Crippen LogP contribution in [-0.2, 0) is 0 Å². The smallest absolute Gasteiger partial charge is 0.00709 e. The van der Waals surface area contributed by atoms with Crippen molar-refractivity contribution in [2.45, 2.75) is 38.7 Å². The van der Waals surface area contributed by atoms with Crippen molar-refractivity contribution in [1.82, 2.24) is 0 Å². The Morgan fingerprint density at radius 1 is 1.33 bits per heavy atom. The van der Waals surface area contributed by atoms with Crippen molar-refractivity contribution >= 4 is 10.2 Å². The van der Waals surface area contributed by atoms with Gasteiger partial charge in [0.05, 0.1) is 0 Å². The fourth-order valence-corrected chi connectivity index (χ4v) is 3.68. The van der Waals surface area contributed by atoms with Crippen molar-refractivity contribution in [3.05, 3.63) is 0 Å². The van der Waals surface area contributed by atoms with Crippen LogP contribution in [0.5, 0.6) is 0 Å². The Labute approximate surface area is 61.5 Å². The van der Waals surface area contributed by atoms with Gasteiger partial charge in [0.15, 0.2) is 0 Å². The van der Waals surface area contributed by atoms with Crippen molar-refractivity contribution < 1.29 is 0 Å². The van der Waals surface area contributed by atoms with Gasteiger partial charge >= 0.3 is 0 Å². The molecule has 0 heterocycles. The molecule has 1 aliphatic rings. The predicted molar refractivity (Wildman–Crippen MR) is 45.9 cm³/mol. The lowest BCUT2D eigenvalue weighted by atomic mass is 9.94. The fourth-order valence-electron chi connectivity index (χ4n) is 2.16. The number of rotatable bonds is 1. The van der Waals surface area contributed by atoms with Crippen LogP contribution in [0.1, 0.15) is 33.1 Å². The molecule has 0 radical (unpaired) electrons. The summed E-state index contributed by atoms with van der Waals surface area (Å²) < 4.78 is 0. The Hall–Kier alpha value is 0.217. The molecule has 0 N–H and O–H groups in total. The highest BCUT2D eigenvalue weighted by atomic mass is 28.1. The van der Waals surface area contributed by atoms with Crippen LogP contribution >= 0.6 is 0 Å². The molecule has 0 saturated heterocycles. The zero-order valence-corrected chi connectivity index (χ0v) is 8.85. The minimum atomic E-state index is 0.954. The first-order chi connectivity index (χ1) is 4.22. The van der Waals surface area contributed by atoms with Gasteiger partial charge < -0.3 is 0 Å². The predicted octanol–water partition coefficient (Wildman–Crippen LogP) is 1.60. The van der Waals surface area contributed by atoms with Gasteiger partial charge in [-0.05, 0) is 11.8 Å². The topological polar surface area (TPSA) is 0 Å². The minimum Gasteiger partial charge on any atom is -0.0625 e. The molecular formula is C8H18Si. The molecule has 2 unspecified atom stereocenters. The van der Waals surface area contributed by atoms with Crippen molar-refractivity contribution in [2.75, 3.05) is 0 Å². The fraction of sp³-hybridized carbons (Fsp3) is 1.00. The van der Waals surface area contributed by atoms with E-state index in [9.17, 15) is 0 Å². The highest BCUT2D eigenvalue weighted by Gasteiger charge is 2.25. The van der Waals surface area contributed by atoms with E-state index in [1.807, 2.05) is 0 Å². The van der Waals surface area contributed by atoms with Crippen LogP contribution in [0.15, 0.2) is 0 Å². The molecule has 0 aliphatic heterocycles. The highest BCUT2D eigenvalue weighted by Crippen LogP contribution is 2.38. The standard InChI is InChI=1S/C8H18Si/c1-6(2)7-4-3-5-8(7)9/h6-8H,3-5H2,1-2,9H3. The number of hydrogen-bond donors (Lipinski definition) is 0. The van der Waals surface area contributed by atoms with Crippen molar-refractivity contribution in [3.8, 4) is 0 Å². The Kier molecular flexibility index (Phi) is 2.33. The quantitative estimate of drug-likeness (QED) is 0.488. The zero-order chi connectivity index (χ0) is 6.85. The van der Waals surface area contributed by atoms with Gasteiger partial charge in [0.25, 0.3) is 0 Å². The molecule has 0 spiro atoms. The van der Waals surface area contributed by atoms with Gasteiger partial charge in [0.1, 0.15) is 0 Å². The lowest BCUT2D eigenvalue weighted by molar-refractivity contribution is 0.397. The van der Waals surface area contributed by atoms with Gasteiger partial charge in [-0.1, -0.05) is 38.7 Å². The van der Waals surface area contributed by atoms with E-state index in [1.54, 1.807) is 0 Å². The summed E-state index contributed by atoms with van der Waals surface area (Å²) in [6, 6.07) is 0. The molecule has 1 rings (SSSR count). The Morgan fingerprint density at radius 2 is 2.00 bits per heavy atom. The monoisotopic (exact) mass is 142 g/mol. The highest BCUT2D eigenvalue weighted by molar-refractivity contribution is 6.12. The third-order valence-corrected chi connectivity index (χ3v) is 4.22. The van der Waals surface area contributed by atoms with E-state index in [4.69, 9.17) is 0 Å². The first kappa shape index (κ1) is 7.33. The van der Waals surface area contributed by atoms with Gasteiger partial charge in [-0.15, -0.1) is 0 Å². The van der Waals surface area contributed by atoms with E-state index in [0.29, 0.717) is 0 Å². The summed E-state index contributed by atoms with van der Waals surface area (Å²) in [4.78, 5) is 0. The molecule has 1 heteroatoms. The summed E-state index contributed by atoms with van der Waals surface area (Å²) in [6.45, 7) is 4.75. The average molecular weight is 142 g/mol. The van der Waals surface area contributed by atoms with Crippen LogP contribution in [-0.4, -0.2) is 10.2 Å².